The second-order valence-corrected chi connectivity index (χ2v) is 4.35. The number of fused-ring (bicyclic) bond motifs is 2. The van der Waals surface area contributed by atoms with Gasteiger partial charge in [-0.05, 0) is 41.5 Å². The number of halogens is 2. The summed E-state index contributed by atoms with van der Waals surface area (Å²) < 4.78 is 0. The normalized spacial score (nSPS) is 41.1. The minimum absolute atomic E-state index is 0.127. The van der Waals surface area contributed by atoms with Crippen molar-refractivity contribution in [3.63, 3.8) is 0 Å². The standard InChI is InChI=1S/C9H8Cl2O2/c10-8(12)6-4-1-2-5(3-4)7(6)9(11)13/h1-2,4-7H,3H2/t4-,5+,6-,7-/m1/s1. The van der Waals surface area contributed by atoms with Crippen LogP contribution < -0.4 is 0 Å². The molecule has 0 unspecified atom stereocenters. The molecule has 2 bridgehead atoms. The highest BCUT2D eigenvalue weighted by Crippen LogP contribution is 2.49. The molecule has 0 aromatic carbocycles. The van der Waals surface area contributed by atoms with E-state index >= 15 is 0 Å². The molecule has 2 aliphatic carbocycles. The maximum Gasteiger partial charge on any atom is 0.226 e. The predicted octanol–water partition coefficient (Wildman–Crippen LogP) is 1.96. The van der Waals surface area contributed by atoms with Crippen molar-refractivity contribution in [2.75, 3.05) is 0 Å². The number of hydrogen-bond donors (Lipinski definition) is 0. The average Bonchev–Trinajstić information content (AvgIpc) is 2.60. The van der Waals surface area contributed by atoms with Crippen LogP contribution in [0, 0.1) is 23.7 Å². The first-order valence-electron chi connectivity index (χ1n) is 4.18. The summed E-state index contributed by atoms with van der Waals surface area (Å²) >= 11 is 10.9. The fourth-order valence-electron chi connectivity index (χ4n) is 2.44. The van der Waals surface area contributed by atoms with E-state index in [0.717, 1.165) is 6.42 Å². The van der Waals surface area contributed by atoms with Crippen LogP contribution in [0.5, 0.6) is 0 Å². The zero-order chi connectivity index (χ0) is 9.59. The van der Waals surface area contributed by atoms with Crippen molar-refractivity contribution in [2.45, 2.75) is 6.42 Å². The number of hydrogen-bond acceptors (Lipinski definition) is 2. The van der Waals surface area contributed by atoms with Crippen LogP contribution in [0.25, 0.3) is 0 Å². The summed E-state index contributed by atoms with van der Waals surface area (Å²) in [6, 6.07) is 0. The van der Waals surface area contributed by atoms with Crippen molar-refractivity contribution < 1.29 is 9.59 Å². The van der Waals surface area contributed by atoms with E-state index in [0.29, 0.717) is 0 Å². The Balaban J connectivity index is 2.30. The third kappa shape index (κ3) is 1.32. The van der Waals surface area contributed by atoms with Crippen molar-refractivity contribution in [3.8, 4) is 0 Å². The summed E-state index contributed by atoms with van der Waals surface area (Å²) in [6.07, 6.45) is 4.77. The minimum Gasteiger partial charge on any atom is -0.281 e. The van der Waals surface area contributed by atoms with Crippen molar-refractivity contribution in [1.82, 2.24) is 0 Å². The Morgan fingerprint density at radius 2 is 1.38 bits per heavy atom. The molecule has 2 rings (SSSR count). The van der Waals surface area contributed by atoms with Gasteiger partial charge in [-0.15, -0.1) is 0 Å². The highest BCUT2D eigenvalue weighted by molar-refractivity contribution is 6.66. The van der Waals surface area contributed by atoms with Crippen molar-refractivity contribution >= 4 is 33.7 Å². The molecule has 4 heteroatoms. The molecule has 0 N–H and O–H groups in total. The summed E-state index contributed by atoms with van der Waals surface area (Å²) in [4.78, 5) is 22.1. The summed E-state index contributed by atoms with van der Waals surface area (Å²) in [5.74, 6) is -0.520. The van der Waals surface area contributed by atoms with Crippen molar-refractivity contribution in [3.05, 3.63) is 12.2 Å². The van der Waals surface area contributed by atoms with Crippen LogP contribution in [0.3, 0.4) is 0 Å². The monoisotopic (exact) mass is 218 g/mol. The molecule has 0 aromatic rings. The largest absolute Gasteiger partial charge is 0.281 e. The van der Waals surface area contributed by atoms with Gasteiger partial charge in [-0.1, -0.05) is 12.2 Å². The SMILES string of the molecule is O=C(Cl)[C@H]1[C@H](C(=O)Cl)[C@H]2C=C[C@@H]1C2. The van der Waals surface area contributed by atoms with E-state index in [4.69, 9.17) is 23.2 Å². The Morgan fingerprint density at radius 3 is 1.69 bits per heavy atom. The molecule has 70 valence electrons. The van der Waals surface area contributed by atoms with Crippen LogP contribution >= 0.6 is 23.2 Å². The Kier molecular flexibility index (Phi) is 2.20. The number of carbonyl (C=O) groups excluding carboxylic acids is 2. The van der Waals surface area contributed by atoms with E-state index in [2.05, 4.69) is 0 Å². The number of rotatable bonds is 2. The molecule has 13 heavy (non-hydrogen) atoms. The van der Waals surface area contributed by atoms with E-state index in [9.17, 15) is 9.59 Å². The Morgan fingerprint density at radius 1 is 1.00 bits per heavy atom. The molecule has 0 amide bonds. The third-order valence-corrected chi connectivity index (χ3v) is 3.49. The second-order valence-electron chi connectivity index (χ2n) is 3.61. The lowest BCUT2D eigenvalue weighted by atomic mass is 9.85. The van der Waals surface area contributed by atoms with Crippen molar-refractivity contribution in [2.24, 2.45) is 23.7 Å². The first-order chi connectivity index (χ1) is 6.11. The third-order valence-electron chi connectivity index (χ3n) is 2.98. The highest BCUT2D eigenvalue weighted by Gasteiger charge is 2.50. The maximum atomic E-state index is 11.1. The lowest BCUT2D eigenvalue weighted by molar-refractivity contribution is -0.124. The van der Waals surface area contributed by atoms with E-state index < -0.39 is 10.5 Å². The minimum atomic E-state index is -0.434. The van der Waals surface area contributed by atoms with E-state index in [1.54, 1.807) is 0 Å². The lowest BCUT2D eigenvalue weighted by Crippen LogP contribution is -2.28. The summed E-state index contributed by atoms with van der Waals surface area (Å²) in [7, 11) is 0. The van der Waals surface area contributed by atoms with Crippen LogP contribution in [-0.2, 0) is 9.59 Å². The Hall–Kier alpha value is -0.340. The van der Waals surface area contributed by atoms with Gasteiger partial charge in [-0.25, -0.2) is 0 Å². The molecule has 0 spiro atoms. The average molecular weight is 219 g/mol. The molecule has 1 saturated carbocycles. The molecule has 0 radical (unpaired) electrons. The van der Waals surface area contributed by atoms with Crippen LogP contribution in [0.1, 0.15) is 6.42 Å². The molecule has 0 aromatic heterocycles. The molecule has 2 nitrogen and oxygen atoms in total. The van der Waals surface area contributed by atoms with E-state index in [-0.39, 0.29) is 23.7 Å². The van der Waals surface area contributed by atoms with Gasteiger partial charge in [0.15, 0.2) is 0 Å². The summed E-state index contributed by atoms with van der Waals surface area (Å²) in [5.41, 5.74) is 0. The molecule has 1 fully saturated rings. The number of carbonyl (C=O) groups is 2. The molecule has 0 saturated heterocycles. The van der Waals surface area contributed by atoms with Gasteiger partial charge < -0.3 is 0 Å². The van der Waals surface area contributed by atoms with Crippen LogP contribution in [-0.4, -0.2) is 10.5 Å². The smallest absolute Gasteiger partial charge is 0.226 e. The fraction of sp³-hybridized carbons (Fsp3) is 0.556. The number of allylic oxidation sites excluding steroid dienone is 2. The van der Waals surface area contributed by atoms with Crippen LogP contribution in [0.15, 0.2) is 12.2 Å². The van der Waals surface area contributed by atoms with Gasteiger partial charge in [0, 0.05) is 0 Å². The van der Waals surface area contributed by atoms with E-state index in [1.807, 2.05) is 12.2 Å². The molecule has 0 heterocycles. The fourth-order valence-corrected chi connectivity index (χ4v) is 3.04. The molecule has 0 aliphatic heterocycles. The first-order valence-corrected chi connectivity index (χ1v) is 4.94. The summed E-state index contributed by atoms with van der Waals surface area (Å²) in [6.45, 7) is 0. The van der Waals surface area contributed by atoms with Gasteiger partial charge in [0.25, 0.3) is 0 Å². The highest BCUT2D eigenvalue weighted by atomic mass is 35.5. The maximum absolute atomic E-state index is 11.1. The Bertz CT molecular complexity index is 270. The van der Waals surface area contributed by atoms with E-state index in [1.165, 1.54) is 0 Å². The predicted molar refractivity (Wildman–Crippen MR) is 49.4 cm³/mol. The van der Waals surface area contributed by atoms with Gasteiger partial charge in [0.05, 0.1) is 11.8 Å². The van der Waals surface area contributed by atoms with Gasteiger partial charge >= 0.3 is 0 Å². The molecule has 2 aliphatic rings. The van der Waals surface area contributed by atoms with Gasteiger partial charge in [-0.3, -0.25) is 9.59 Å². The Labute approximate surface area is 85.9 Å². The van der Waals surface area contributed by atoms with Crippen molar-refractivity contribution in [1.29, 1.82) is 0 Å². The van der Waals surface area contributed by atoms with Gasteiger partial charge in [0.2, 0.25) is 10.5 Å². The molecular formula is C9H8Cl2O2. The zero-order valence-electron chi connectivity index (χ0n) is 6.74. The van der Waals surface area contributed by atoms with Crippen LogP contribution in [0.4, 0.5) is 0 Å². The molecular weight excluding hydrogens is 211 g/mol. The zero-order valence-corrected chi connectivity index (χ0v) is 8.26. The lowest BCUT2D eigenvalue weighted by Gasteiger charge is -2.20. The topological polar surface area (TPSA) is 34.1 Å². The quantitative estimate of drug-likeness (QED) is 0.525. The van der Waals surface area contributed by atoms with Gasteiger partial charge in [-0.2, -0.15) is 0 Å². The van der Waals surface area contributed by atoms with Crippen LogP contribution in [0.2, 0.25) is 0 Å². The molecule has 4 atom stereocenters. The first kappa shape index (κ1) is 9.22. The van der Waals surface area contributed by atoms with Gasteiger partial charge in [0.1, 0.15) is 0 Å². The second kappa shape index (κ2) is 3.10. The summed E-state index contributed by atoms with van der Waals surface area (Å²) in [5, 5.41) is -0.869.